The van der Waals surface area contributed by atoms with Gasteiger partial charge in [-0.1, -0.05) is 0 Å². The van der Waals surface area contributed by atoms with Crippen LogP contribution >= 0.6 is 0 Å². The van der Waals surface area contributed by atoms with Crippen LogP contribution in [-0.2, 0) is 6.54 Å². The molecule has 1 heterocycles. The maximum atomic E-state index is 4.20. The lowest BCUT2D eigenvalue weighted by molar-refractivity contribution is 0.763. The molecule has 1 aromatic rings. The van der Waals surface area contributed by atoms with Crippen molar-refractivity contribution in [3.05, 3.63) is 5.82 Å². The molecule has 12 heavy (non-hydrogen) atoms. The number of hydrogen-bond acceptors (Lipinski definition) is 4. The summed E-state index contributed by atoms with van der Waals surface area (Å²) in [5.41, 5.74) is 0. The van der Waals surface area contributed by atoms with Crippen LogP contribution in [0.3, 0.4) is 0 Å². The quantitative estimate of drug-likeness (QED) is 0.608. The van der Waals surface area contributed by atoms with E-state index in [-0.39, 0.29) is 0 Å². The van der Waals surface area contributed by atoms with Gasteiger partial charge in [-0.05, 0) is 20.9 Å². The van der Waals surface area contributed by atoms with E-state index in [0.717, 1.165) is 5.82 Å². The van der Waals surface area contributed by atoms with Gasteiger partial charge in [0, 0.05) is 6.04 Å². The summed E-state index contributed by atoms with van der Waals surface area (Å²) >= 11 is 0. The van der Waals surface area contributed by atoms with Crippen LogP contribution in [0.2, 0.25) is 0 Å². The molecular weight excluding hydrogens is 154 g/mol. The third-order valence-corrected chi connectivity index (χ3v) is 1.29. The SMILES string of the molecule is CNCc1nc(NC(C)C)n[nH]1. The number of aromatic nitrogens is 3. The first-order chi connectivity index (χ1) is 5.72. The number of H-pyrrole nitrogens is 1. The van der Waals surface area contributed by atoms with Gasteiger partial charge in [-0.15, -0.1) is 5.10 Å². The molecule has 5 heteroatoms. The van der Waals surface area contributed by atoms with Crippen LogP contribution in [0.25, 0.3) is 0 Å². The van der Waals surface area contributed by atoms with Crippen LogP contribution in [0.15, 0.2) is 0 Å². The Kier molecular flexibility index (Phi) is 3.04. The van der Waals surface area contributed by atoms with Gasteiger partial charge in [0.25, 0.3) is 0 Å². The summed E-state index contributed by atoms with van der Waals surface area (Å²) in [6.07, 6.45) is 0. The van der Waals surface area contributed by atoms with E-state index in [1.165, 1.54) is 0 Å². The largest absolute Gasteiger partial charge is 0.351 e. The maximum Gasteiger partial charge on any atom is 0.242 e. The molecular formula is C7H15N5. The Hall–Kier alpha value is -1.10. The van der Waals surface area contributed by atoms with Crippen LogP contribution in [0.1, 0.15) is 19.7 Å². The molecule has 0 spiro atoms. The third-order valence-electron chi connectivity index (χ3n) is 1.29. The molecule has 0 saturated heterocycles. The van der Waals surface area contributed by atoms with E-state index in [0.29, 0.717) is 18.5 Å². The molecule has 0 fully saturated rings. The molecule has 0 amide bonds. The number of anilines is 1. The van der Waals surface area contributed by atoms with Crippen LogP contribution in [0.5, 0.6) is 0 Å². The Morgan fingerprint density at radius 3 is 2.83 bits per heavy atom. The molecule has 0 radical (unpaired) electrons. The van der Waals surface area contributed by atoms with Crippen molar-refractivity contribution in [2.24, 2.45) is 0 Å². The van der Waals surface area contributed by atoms with Crippen molar-refractivity contribution in [2.75, 3.05) is 12.4 Å². The van der Waals surface area contributed by atoms with Crippen molar-refractivity contribution in [2.45, 2.75) is 26.4 Å². The maximum absolute atomic E-state index is 4.20. The van der Waals surface area contributed by atoms with Gasteiger partial charge in [-0.3, -0.25) is 5.10 Å². The summed E-state index contributed by atoms with van der Waals surface area (Å²) in [5, 5.41) is 12.9. The molecule has 0 aliphatic carbocycles. The molecule has 0 saturated carbocycles. The van der Waals surface area contributed by atoms with Gasteiger partial charge < -0.3 is 10.6 Å². The minimum atomic E-state index is 0.364. The highest BCUT2D eigenvalue weighted by Crippen LogP contribution is 1.99. The molecule has 0 bridgehead atoms. The monoisotopic (exact) mass is 169 g/mol. The van der Waals surface area contributed by atoms with Crippen molar-refractivity contribution >= 4 is 5.95 Å². The average molecular weight is 169 g/mol. The lowest BCUT2D eigenvalue weighted by atomic mass is 10.4. The van der Waals surface area contributed by atoms with E-state index in [2.05, 4.69) is 25.8 Å². The van der Waals surface area contributed by atoms with Crippen LogP contribution in [-0.4, -0.2) is 28.3 Å². The van der Waals surface area contributed by atoms with Gasteiger partial charge in [-0.2, -0.15) is 4.98 Å². The first-order valence-corrected chi connectivity index (χ1v) is 4.04. The van der Waals surface area contributed by atoms with Crippen molar-refractivity contribution in [1.29, 1.82) is 0 Å². The van der Waals surface area contributed by atoms with E-state index >= 15 is 0 Å². The Balaban J connectivity index is 2.52. The summed E-state index contributed by atoms with van der Waals surface area (Å²) < 4.78 is 0. The molecule has 0 unspecified atom stereocenters. The van der Waals surface area contributed by atoms with Crippen LogP contribution < -0.4 is 10.6 Å². The topological polar surface area (TPSA) is 65.6 Å². The van der Waals surface area contributed by atoms with Gasteiger partial charge in [-0.25, -0.2) is 0 Å². The van der Waals surface area contributed by atoms with E-state index < -0.39 is 0 Å². The fourth-order valence-electron chi connectivity index (χ4n) is 0.865. The number of rotatable bonds is 4. The first-order valence-electron chi connectivity index (χ1n) is 4.04. The molecule has 1 rings (SSSR count). The molecule has 0 aliphatic rings. The summed E-state index contributed by atoms with van der Waals surface area (Å²) in [4.78, 5) is 4.20. The van der Waals surface area contributed by atoms with E-state index in [1.807, 2.05) is 20.9 Å². The van der Waals surface area contributed by atoms with Crippen molar-refractivity contribution in [3.63, 3.8) is 0 Å². The molecule has 5 nitrogen and oxygen atoms in total. The summed E-state index contributed by atoms with van der Waals surface area (Å²) in [6.45, 7) is 4.81. The lowest BCUT2D eigenvalue weighted by Crippen LogP contribution is -2.11. The van der Waals surface area contributed by atoms with Gasteiger partial charge in [0.1, 0.15) is 5.82 Å². The molecule has 0 atom stereocenters. The van der Waals surface area contributed by atoms with Crippen molar-refractivity contribution in [1.82, 2.24) is 20.5 Å². The molecule has 0 aliphatic heterocycles. The van der Waals surface area contributed by atoms with Crippen molar-refractivity contribution < 1.29 is 0 Å². The van der Waals surface area contributed by atoms with Crippen LogP contribution in [0.4, 0.5) is 5.95 Å². The summed E-state index contributed by atoms with van der Waals surface area (Å²) in [5.74, 6) is 1.51. The minimum Gasteiger partial charge on any atom is -0.351 e. The smallest absolute Gasteiger partial charge is 0.242 e. The second-order valence-corrected chi connectivity index (χ2v) is 2.94. The second kappa shape index (κ2) is 4.06. The number of aromatic amines is 1. The number of nitrogens with one attached hydrogen (secondary N) is 3. The predicted molar refractivity (Wildman–Crippen MR) is 47.9 cm³/mol. The normalized spacial score (nSPS) is 10.7. The predicted octanol–water partition coefficient (Wildman–Crippen LogP) is 0.344. The average Bonchev–Trinajstić information content (AvgIpc) is 2.36. The highest BCUT2D eigenvalue weighted by molar-refractivity contribution is 5.23. The fraction of sp³-hybridized carbons (Fsp3) is 0.714. The zero-order chi connectivity index (χ0) is 8.97. The Bertz CT molecular complexity index is 229. The molecule has 3 N–H and O–H groups in total. The van der Waals surface area contributed by atoms with Gasteiger partial charge in [0.2, 0.25) is 5.95 Å². The highest BCUT2D eigenvalue weighted by Gasteiger charge is 2.01. The summed E-state index contributed by atoms with van der Waals surface area (Å²) in [7, 11) is 1.87. The Morgan fingerprint density at radius 1 is 1.50 bits per heavy atom. The fourth-order valence-corrected chi connectivity index (χ4v) is 0.865. The van der Waals surface area contributed by atoms with E-state index in [9.17, 15) is 0 Å². The Morgan fingerprint density at radius 2 is 2.25 bits per heavy atom. The number of hydrogen-bond donors (Lipinski definition) is 3. The summed E-state index contributed by atoms with van der Waals surface area (Å²) in [6, 6.07) is 0.364. The van der Waals surface area contributed by atoms with Crippen LogP contribution in [0, 0.1) is 0 Å². The Labute approximate surface area is 72.0 Å². The first kappa shape index (κ1) is 8.99. The van der Waals surface area contributed by atoms with Gasteiger partial charge >= 0.3 is 0 Å². The minimum absolute atomic E-state index is 0.364. The lowest BCUT2D eigenvalue weighted by Gasteiger charge is -2.02. The van der Waals surface area contributed by atoms with Gasteiger partial charge in [0.05, 0.1) is 6.54 Å². The molecule has 68 valence electrons. The highest BCUT2D eigenvalue weighted by atomic mass is 15.3. The van der Waals surface area contributed by atoms with E-state index in [4.69, 9.17) is 0 Å². The zero-order valence-electron chi connectivity index (χ0n) is 7.68. The molecule has 1 aromatic heterocycles. The standard InChI is InChI=1S/C7H15N5/c1-5(2)9-7-10-6(4-8-3)11-12-7/h5,8H,4H2,1-3H3,(H2,9,10,11,12). The number of nitrogens with zero attached hydrogens (tertiary/aromatic N) is 2. The second-order valence-electron chi connectivity index (χ2n) is 2.94. The van der Waals surface area contributed by atoms with Crippen molar-refractivity contribution in [3.8, 4) is 0 Å². The zero-order valence-corrected chi connectivity index (χ0v) is 7.68. The van der Waals surface area contributed by atoms with E-state index in [1.54, 1.807) is 0 Å². The molecule has 0 aromatic carbocycles. The van der Waals surface area contributed by atoms with Gasteiger partial charge in [0.15, 0.2) is 0 Å². The third kappa shape index (κ3) is 2.50.